The van der Waals surface area contributed by atoms with Gasteiger partial charge in [-0.25, -0.2) is 9.69 Å². The highest BCUT2D eigenvalue weighted by Crippen LogP contribution is 2.37. The molecule has 0 unspecified atom stereocenters. The average molecular weight is 619 g/mol. The maximum atomic E-state index is 13.1. The number of carbonyl (C=O) groups excluding carboxylic acids is 3. The van der Waals surface area contributed by atoms with Crippen LogP contribution in [0.3, 0.4) is 0 Å². The molecule has 1 fully saturated rings. The molecule has 0 spiro atoms. The number of halogens is 2. The Morgan fingerprint density at radius 3 is 2.16 bits per heavy atom. The van der Waals surface area contributed by atoms with Crippen LogP contribution >= 0.6 is 23.2 Å². The summed E-state index contributed by atoms with van der Waals surface area (Å²) in [6.07, 6.45) is 1.28. The summed E-state index contributed by atoms with van der Waals surface area (Å²) in [4.78, 5) is 38.9. The molecule has 0 aromatic heterocycles. The molecule has 0 saturated carbocycles. The molecule has 5 rings (SSSR count). The minimum Gasteiger partial charge on any atom is -0.508 e. The van der Waals surface area contributed by atoms with Gasteiger partial charge in [-0.15, -0.1) is 0 Å². The highest BCUT2D eigenvalue weighted by Gasteiger charge is 2.36. The molecule has 4 aromatic carbocycles. The summed E-state index contributed by atoms with van der Waals surface area (Å²) in [6.45, 7) is 0.499. The van der Waals surface area contributed by atoms with Crippen LogP contribution in [0.25, 0.3) is 6.08 Å². The number of phenolic OH excluding ortho intramolecular Hbond substituents is 1. The Bertz CT molecular complexity index is 1700. The zero-order chi connectivity index (χ0) is 30.5. The minimum atomic E-state index is -0.912. The number of methoxy groups -OCH3 is 1. The van der Waals surface area contributed by atoms with E-state index in [2.05, 4.69) is 5.32 Å². The second-order valence-corrected chi connectivity index (χ2v) is 10.2. The van der Waals surface area contributed by atoms with Crippen molar-refractivity contribution in [1.82, 2.24) is 5.32 Å². The lowest BCUT2D eigenvalue weighted by atomic mass is 10.1. The summed E-state index contributed by atoms with van der Waals surface area (Å²) in [6, 6.07) is 22.6. The van der Waals surface area contributed by atoms with E-state index in [9.17, 15) is 19.5 Å². The van der Waals surface area contributed by atoms with Crippen LogP contribution in [0.15, 0.2) is 90.5 Å². The summed E-state index contributed by atoms with van der Waals surface area (Å²) < 4.78 is 17.3. The van der Waals surface area contributed by atoms with Crippen LogP contribution in [-0.4, -0.2) is 30.1 Å². The van der Waals surface area contributed by atoms with Gasteiger partial charge >= 0.3 is 6.03 Å². The van der Waals surface area contributed by atoms with E-state index in [-0.39, 0.29) is 39.4 Å². The second kappa shape index (κ2) is 12.9. The van der Waals surface area contributed by atoms with Crippen molar-refractivity contribution in [2.24, 2.45) is 0 Å². The SMILES string of the molecule is COc1cc(COc2c(Cl)cc(/C=C3/C(=O)NC(=O)N(c4ccc(O)cc4)C3=O)cc2Cl)ccc1OCc1ccccc1. The third kappa shape index (κ3) is 6.74. The van der Waals surface area contributed by atoms with Gasteiger partial charge in [0.1, 0.15) is 24.5 Å². The molecular formula is C32H24Cl2N2O7. The predicted molar refractivity (Wildman–Crippen MR) is 162 cm³/mol. The number of barbiturate groups is 1. The standard InChI is InChI=1S/C32H24Cl2N2O7/c1-41-28-16-20(7-12-27(28)42-17-19-5-3-2-4-6-19)18-43-29-25(33)14-21(15-26(29)34)13-24-30(38)35-32(40)36(31(24)39)22-8-10-23(37)11-9-22/h2-16,37H,17-18H2,1H3,(H,35,38,40)/b24-13-. The zero-order valence-electron chi connectivity index (χ0n) is 22.7. The Labute approximate surface area is 256 Å². The topological polar surface area (TPSA) is 114 Å². The molecule has 11 heteroatoms. The van der Waals surface area contributed by atoms with Crippen LogP contribution in [0.4, 0.5) is 10.5 Å². The molecule has 1 aliphatic rings. The van der Waals surface area contributed by atoms with E-state index in [0.717, 1.165) is 16.0 Å². The Kier molecular flexibility index (Phi) is 8.85. The number of anilines is 1. The van der Waals surface area contributed by atoms with E-state index in [1.54, 1.807) is 19.2 Å². The van der Waals surface area contributed by atoms with Gasteiger partial charge in [0.15, 0.2) is 17.2 Å². The first-order chi connectivity index (χ1) is 20.7. The number of urea groups is 1. The molecule has 1 saturated heterocycles. The Hall–Kier alpha value is -4.99. The van der Waals surface area contributed by atoms with Gasteiger partial charge < -0.3 is 19.3 Å². The number of nitrogens with one attached hydrogen (secondary N) is 1. The molecule has 2 N–H and O–H groups in total. The van der Waals surface area contributed by atoms with Crippen molar-refractivity contribution < 1.29 is 33.7 Å². The van der Waals surface area contributed by atoms with Crippen molar-refractivity contribution in [3.8, 4) is 23.0 Å². The fourth-order valence-electron chi connectivity index (χ4n) is 4.27. The van der Waals surface area contributed by atoms with Crippen LogP contribution in [0.5, 0.6) is 23.0 Å². The van der Waals surface area contributed by atoms with E-state index in [1.807, 2.05) is 36.4 Å². The first-order valence-electron chi connectivity index (χ1n) is 12.9. The van der Waals surface area contributed by atoms with Crippen LogP contribution in [-0.2, 0) is 22.8 Å². The van der Waals surface area contributed by atoms with E-state index < -0.39 is 17.8 Å². The number of nitrogens with zero attached hydrogens (tertiary/aromatic N) is 1. The van der Waals surface area contributed by atoms with Crippen molar-refractivity contribution in [1.29, 1.82) is 0 Å². The van der Waals surface area contributed by atoms with Crippen molar-refractivity contribution in [2.75, 3.05) is 12.0 Å². The molecule has 43 heavy (non-hydrogen) atoms. The maximum Gasteiger partial charge on any atom is 0.335 e. The molecule has 218 valence electrons. The Morgan fingerprint density at radius 1 is 0.814 bits per heavy atom. The summed E-state index contributed by atoms with van der Waals surface area (Å²) in [5, 5.41) is 12.0. The third-order valence-corrected chi connectivity index (χ3v) is 6.95. The number of ether oxygens (including phenoxy) is 3. The van der Waals surface area contributed by atoms with Gasteiger partial charge in [-0.05, 0) is 71.3 Å². The fraction of sp³-hybridized carbons (Fsp3) is 0.0938. The number of hydrogen-bond acceptors (Lipinski definition) is 7. The quantitative estimate of drug-likeness (QED) is 0.162. The molecule has 1 heterocycles. The minimum absolute atomic E-state index is 0.0453. The van der Waals surface area contributed by atoms with Crippen molar-refractivity contribution in [3.05, 3.63) is 117 Å². The number of carbonyl (C=O) groups is 3. The number of phenols is 1. The highest BCUT2D eigenvalue weighted by molar-refractivity contribution is 6.40. The smallest absolute Gasteiger partial charge is 0.335 e. The highest BCUT2D eigenvalue weighted by atomic mass is 35.5. The Balaban J connectivity index is 1.30. The molecule has 0 radical (unpaired) electrons. The number of hydrogen-bond donors (Lipinski definition) is 2. The third-order valence-electron chi connectivity index (χ3n) is 6.39. The Morgan fingerprint density at radius 2 is 1.49 bits per heavy atom. The molecule has 1 aliphatic heterocycles. The monoisotopic (exact) mass is 618 g/mol. The molecule has 9 nitrogen and oxygen atoms in total. The fourth-order valence-corrected chi connectivity index (χ4v) is 4.89. The lowest BCUT2D eigenvalue weighted by Gasteiger charge is -2.26. The maximum absolute atomic E-state index is 13.1. The van der Waals surface area contributed by atoms with Gasteiger partial charge in [-0.2, -0.15) is 0 Å². The largest absolute Gasteiger partial charge is 0.508 e. The van der Waals surface area contributed by atoms with Crippen molar-refractivity contribution in [3.63, 3.8) is 0 Å². The molecule has 4 amide bonds. The summed E-state index contributed by atoms with van der Waals surface area (Å²) in [5.41, 5.74) is 1.99. The van der Waals surface area contributed by atoms with E-state index in [4.69, 9.17) is 37.4 Å². The summed E-state index contributed by atoms with van der Waals surface area (Å²) >= 11 is 13.0. The summed E-state index contributed by atoms with van der Waals surface area (Å²) in [5.74, 6) is -0.452. The lowest BCUT2D eigenvalue weighted by molar-refractivity contribution is -0.122. The van der Waals surface area contributed by atoms with E-state index >= 15 is 0 Å². The van der Waals surface area contributed by atoms with E-state index in [0.29, 0.717) is 23.7 Å². The molecule has 0 atom stereocenters. The lowest BCUT2D eigenvalue weighted by Crippen LogP contribution is -2.54. The van der Waals surface area contributed by atoms with Crippen LogP contribution < -0.4 is 24.4 Å². The van der Waals surface area contributed by atoms with Gasteiger partial charge in [-0.1, -0.05) is 59.6 Å². The van der Waals surface area contributed by atoms with E-state index in [1.165, 1.54) is 42.5 Å². The predicted octanol–water partition coefficient (Wildman–Crippen LogP) is 6.53. The molecule has 0 bridgehead atoms. The van der Waals surface area contributed by atoms with Crippen LogP contribution in [0.2, 0.25) is 10.0 Å². The average Bonchev–Trinajstić information content (AvgIpc) is 2.99. The van der Waals surface area contributed by atoms with Gasteiger partial charge in [0.05, 0.1) is 22.8 Å². The first-order valence-corrected chi connectivity index (χ1v) is 13.6. The molecule has 4 aromatic rings. The molecule has 0 aliphatic carbocycles. The van der Waals surface area contributed by atoms with Gasteiger partial charge in [-0.3, -0.25) is 14.9 Å². The number of imide groups is 2. The van der Waals surface area contributed by atoms with Crippen molar-refractivity contribution >= 4 is 52.8 Å². The zero-order valence-corrected chi connectivity index (χ0v) is 24.2. The first kappa shape index (κ1) is 29.5. The number of benzene rings is 4. The van der Waals surface area contributed by atoms with Gasteiger partial charge in [0.2, 0.25) is 0 Å². The normalized spacial score (nSPS) is 14.1. The number of amides is 4. The van der Waals surface area contributed by atoms with Gasteiger partial charge in [0.25, 0.3) is 11.8 Å². The number of aromatic hydroxyl groups is 1. The van der Waals surface area contributed by atoms with Crippen LogP contribution in [0, 0.1) is 0 Å². The summed E-state index contributed by atoms with van der Waals surface area (Å²) in [7, 11) is 1.55. The second-order valence-electron chi connectivity index (χ2n) is 9.34. The molecular weight excluding hydrogens is 595 g/mol. The number of rotatable bonds is 9. The van der Waals surface area contributed by atoms with Crippen LogP contribution in [0.1, 0.15) is 16.7 Å². The van der Waals surface area contributed by atoms with Crippen molar-refractivity contribution in [2.45, 2.75) is 13.2 Å². The van der Waals surface area contributed by atoms with Gasteiger partial charge in [0, 0.05) is 0 Å².